The first-order valence-corrected chi connectivity index (χ1v) is 10.9. The fourth-order valence-electron chi connectivity index (χ4n) is 2.58. The van der Waals surface area contributed by atoms with E-state index in [1.165, 1.54) is 16.4 Å². The van der Waals surface area contributed by atoms with Crippen LogP contribution in [0.1, 0.15) is 10.4 Å². The number of hydrogen-bond acceptors (Lipinski definition) is 4. The third-order valence-electron chi connectivity index (χ3n) is 3.98. The van der Waals surface area contributed by atoms with Gasteiger partial charge in [-0.05, 0) is 40.2 Å². The van der Waals surface area contributed by atoms with E-state index in [0.717, 1.165) is 0 Å². The van der Waals surface area contributed by atoms with Gasteiger partial charge in [-0.2, -0.15) is 4.31 Å². The predicted molar refractivity (Wildman–Crippen MR) is 108 cm³/mol. The number of ether oxygens (including phenoxy) is 1. The summed E-state index contributed by atoms with van der Waals surface area (Å²) < 4.78 is 33.0. The van der Waals surface area contributed by atoms with Gasteiger partial charge in [-0.15, -0.1) is 0 Å². The Kier molecular flexibility index (Phi) is 6.45. The molecule has 2 aromatic carbocycles. The van der Waals surface area contributed by atoms with E-state index in [4.69, 9.17) is 27.9 Å². The Labute approximate surface area is 175 Å². The van der Waals surface area contributed by atoms with Crippen molar-refractivity contribution in [2.24, 2.45) is 0 Å². The average molecular weight is 494 g/mol. The number of nitrogens with zero attached hydrogens (tertiary/aromatic N) is 1. The lowest BCUT2D eigenvalue weighted by Crippen LogP contribution is -2.40. The maximum absolute atomic E-state index is 12.9. The number of benzene rings is 2. The fourth-order valence-corrected chi connectivity index (χ4v) is 5.20. The van der Waals surface area contributed by atoms with Crippen molar-refractivity contribution in [2.75, 3.05) is 31.6 Å². The highest BCUT2D eigenvalue weighted by molar-refractivity contribution is 9.10. The van der Waals surface area contributed by atoms with Crippen LogP contribution in [0.25, 0.3) is 0 Å². The summed E-state index contributed by atoms with van der Waals surface area (Å²) in [5.74, 6) is -0.540. The number of carbonyl (C=O) groups excluding carboxylic acids is 1. The quantitative estimate of drug-likeness (QED) is 0.697. The lowest BCUT2D eigenvalue weighted by Gasteiger charge is -2.26. The van der Waals surface area contributed by atoms with Crippen LogP contribution >= 0.6 is 39.1 Å². The maximum Gasteiger partial charge on any atom is 0.257 e. The molecule has 0 spiro atoms. The molecule has 0 unspecified atom stereocenters. The summed E-state index contributed by atoms with van der Waals surface area (Å²) in [5, 5.41) is 2.73. The van der Waals surface area contributed by atoms with Gasteiger partial charge < -0.3 is 10.1 Å². The van der Waals surface area contributed by atoms with Gasteiger partial charge in [0.15, 0.2) is 0 Å². The molecular weight excluding hydrogens is 479 g/mol. The van der Waals surface area contributed by atoms with Crippen LogP contribution in [-0.4, -0.2) is 44.9 Å². The summed E-state index contributed by atoms with van der Waals surface area (Å²) in [4.78, 5) is 12.5. The summed E-state index contributed by atoms with van der Waals surface area (Å²) in [5.41, 5.74) is 0.551. The number of halogens is 3. The number of hydrogen-bond donors (Lipinski definition) is 1. The van der Waals surface area contributed by atoms with Gasteiger partial charge in [-0.25, -0.2) is 8.42 Å². The van der Waals surface area contributed by atoms with E-state index in [0.29, 0.717) is 23.4 Å². The van der Waals surface area contributed by atoms with E-state index in [-0.39, 0.29) is 33.6 Å². The van der Waals surface area contributed by atoms with Crippen molar-refractivity contribution in [3.63, 3.8) is 0 Å². The molecule has 1 heterocycles. The Balaban J connectivity index is 1.96. The number of amides is 1. The smallest absolute Gasteiger partial charge is 0.257 e. The maximum atomic E-state index is 12.9. The van der Waals surface area contributed by atoms with E-state index < -0.39 is 15.9 Å². The molecule has 0 radical (unpaired) electrons. The number of anilines is 1. The van der Waals surface area contributed by atoms with Crippen molar-refractivity contribution in [3.05, 3.63) is 56.5 Å². The Hall–Kier alpha value is -1.16. The van der Waals surface area contributed by atoms with Gasteiger partial charge in [0.1, 0.15) is 4.90 Å². The Morgan fingerprint density at radius 3 is 2.44 bits per heavy atom. The highest BCUT2D eigenvalue weighted by atomic mass is 79.9. The van der Waals surface area contributed by atoms with Gasteiger partial charge in [0.25, 0.3) is 5.91 Å². The molecule has 0 aromatic heterocycles. The monoisotopic (exact) mass is 492 g/mol. The first-order valence-electron chi connectivity index (χ1n) is 7.93. The van der Waals surface area contributed by atoms with E-state index in [2.05, 4.69) is 21.2 Å². The lowest BCUT2D eigenvalue weighted by atomic mass is 10.2. The Bertz CT molecular complexity index is 979. The van der Waals surface area contributed by atoms with E-state index in [1.807, 2.05) is 6.07 Å². The highest BCUT2D eigenvalue weighted by Crippen LogP contribution is 2.32. The van der Waals surface area contributed by atoms with Crippen molar-refractivity contribution >= 4 is 60.7 Å². The lowest BCUT2D eigenvalue weighted by molar-refractivity contribution is 0.0730. The average Bonchev–Trinajstić information content (AvgIpc) is 2.64. The van der Waals surface area contributed by atoms with Gasteiger partial charge in [0.2, 0.25) is 10.0 Å². The summed E-state index contributed by atoms with van der Waals surface area (Å²) in [7, 11) is -3.87. The second-order valence-electron chi connectivity index (χ2n) is 5.71. The first-order chi connectivity index (χ1) is 12.8. The van der Waals surface area contributed by atoms with Crippen LogP contribution in [0.4, 0.5) is 5.69 Å². The zero-order valence-electron chi connectivity index (χ0n) is 13.9. The van der Waals surface area contributed by atoms with Crippen molar-refractivity contribution in [1.82, 2.24) is 4.31 Å². The Morgan fingerprint density at radius 1 is 1.11 bits per heavy atom. The molecule has 27 heavy (non-hydrogen) atoms. The zero-order valence-corrected chi connectivity index (χ0v) is 17.8. The van der Waals surface area contributed by atoms with E-state index in [1.54, 1.807) is 18.2 Å². The number of para-hydroxylation sites is 1. The van der Waals surface area contributed by atoms with Crippen LogP contribution in [0.5, 0.6) is 0 Å². The minimum atomic E-state index is -3.87. The van der Waals surface area contributed by atoms with Crippen LogP contribution in [0.3, 0.4) is 0 Å². The molecule has 0 bridgehead atoms. The molecule has 6 nitrogen and oxygen atoms in total. The minimum absolute atomic E-state index is 0.0173. The van der Waals surface area contributed by atoms with Gasteiger partial charge in [-0.1, -0.05) is 35.3 Å². The number of nitrogens with one attached hydrogen (secondary N) is 1. The third-order valence-corrected chi connectivity index (χ3v) is 7.34. The van der Waals surface area contributed by atoms with Gasteiger partial charge in [0.05, 0.1) is 34.5 Å². The van der Waals surface area contributed by atoms with Crippen molar-refractivity contribution in [1.29, 1.82) is 0 Å². The molecule has 0 atom stereocenters. The molecular formula is C17H15BrCl2N2O4S. The van der Waals surface area contributed by atoms with Crippen LogP contribution in [0, 0.1) is 0 Å². The minimum Gasteiger partial charge on any atom is -0.379 e. The summed E-state index contributed by atoms with van der Waals surface area (Å²) >= 11 is 15.6. The van der Waals surface area contributed by atoms with Gasteiger partial charge in [-0.3, -0.25) is 4.79 Å². The SMILES string of the molecule is O=C(Nc1ccccc1Br)c1cc(S(=O)(=O)N2CCOCC2)c(Cl)cc1Cl. The van der Waals surface area contributed by atoms with Crippen LogP contribution < -0.4 is 5.32 Å². The number of sulfonamides is 1. The zero-order chi connectivity index (χ0) is 19.6. The molecule has 10 heteroatoms. The fraction of sp³-hybridized carbons (Fsp3) is 0.235. The normalized spacial score (nSPS) is 15.5. The van der Waals surface area contributed by atoms with Crippen molar-refractivity contribution in [2.45, 2.75) is 4.90 Å². The predicted octanol–water partition coefficient (Wildman–Crippen LogP) is 4.03. The molecule has 1 saturated heterocycles. The standard InChI is InChI=1S/C17H15BrCl2N2O4S/c18-12-3-1-2-4-15(12)21-17(23)11-9-16(14(20)10-13(11)19)27(24,25)22-5-7-26-8-6-22/h1-4,9-10H,5-8H2,(H,21,23). The molecule has 1 aliphatic rings. The molecule has 3 rings (SSSR count). The van der Waals surface area contributed by atoms with E-state index in [9.17, 15) is 13.2 Å². The first kappa shape index (κ1) is 20.6. The van der Waals surface area contributed by atoms with Crippen LogP contribution in [0.2, 0.25) is 10.0 Å². The van der Waals surface area contributed by atoms with Crippen LogP contribution in [-0.2, 0) is 14.8 Å². The molecule has 1 amide bonds. The molecule has 0 saturated carbocycles. The Morgan fingerprint density at radius 2 is 1.78 bits per heavy atom. The molecule has 144 valence electrons. The highest BCUT2D eigenvalue weighted by Gasteiger charge is 2.30. The molecule has 2 aromatic rings. The summed E-state index contributed by atoms with van der Waals surface area (Å²) in [6.45, 7) is 1.05. The topological polar surface area (TPSA) is 75.7 Å². The number of rotatable bonds is 4. The molecule has 1 N–H and O–H groups in total. The second kappa shape index (κ2) is 8.46. The second-order valence-corrected chi connectivity index (χ2v) is 9.29. The van der Waals surface area contributed by atoms with Crippen molar-refractivity contribution < 1.29 is 17.9 Å². The molecule has 1 aliphatic heterocycles. The number of morpholine rings is 1. The third kappa shape index (κ3) is 4.47. The molecule has 1 fully saturated rings. The van der Waals surface area contributed by atoms with Crippen LogP contribution in [0.15, 0.2) is 45.8 Å². The van der Waals surface area contributed by atoms with Gasteiger partial charge >= 0.3 is 0 Å². The largest absolute Gasteiger partial charge is 0.379 e. The van der Waals surface area contributed by atoms with Gasteiger partial charge in [0, 0.05) is 17.6 Å². The van der Waals surface area contributed by atoms with E-state index >= 15 is 0 Å². The van der Waals surface area contributed by atoms with Crippen molar-refractivity contribution in [3.8, 4) is 0 Å². The molecule has 0 aliphatic carbocycles. The number of carbonyl (C=O) groups is 1. The summed E-state index contributed by atoms with van der Waals surface area (Å²) in [6, 6.07) is 9.53. The summed E-state index contributed by atoms with van der Waals surface area (Å²) in [6.07, 6.45) is 0.